The number of anilines is 1. The highest BCUT2D eigenvalue weighted by atomic mass is 35.5. The highest BCUT2D eigenvalue weighted by molar-refractivity contribution is 6.42. The predicted molar refractivity (Wildman–Crippen MR) is 125 cm³/mol. The smallest absolute Gasteiger partial charge is 0.337 e. The molecule has 2 aliphatic heterocycles. The monoisotopic (exact) mass is 448 g/mol. The molecule has 0 aliphatic carbocycles. The van der Waals surface area contributed by atoms with E-state index in [2.05, 4.69) is 53.2 Å². The van der Waals surface area contributed by atoms with E-state index in [1.54, 1.807) is 6.07 Å². The van der Waals surface area contributed by atoms with Gasteiger partial charge in [-0.2, -0.15) is 0 Å². The number of cyclic esters (lactones) is 1. The fraction of sp³-hybridized carbons (Fsp3) is 0.160. The number of carbonyl (C=O) groups is 1. The number of carbonyl (C=O) groups excluding carboxylic acids is 1. The molecule has 4 aromatic rings. The third kappa shape index (κ3) is 2.58. The number of hydrogen-bond donors (Lipinski definition) is 1. The topological polar surface area (TPSA) is 43.3 Å². The van der Waals surface area contributed by atoms with Crippen molar-refractivity contribution in [3.8, 4) is 0 Å². The molecule has 154 valence electrons. The molecule has 3 aromatic carbocycles. The van der Waals surface area contributed by atoms with Crippen LogP contribution in [0.1, 0.15) is 24.0 Å². The van der Waals surface area contributed by atoms with E-state index < -0.39 is 0 Å². The summed E-state index contributed by atoms with van der Waals surface area (Å²) in [6, 6.07) is 18.2. The van der Waals surface area contributed by atoms with E-state index >= 15 is 0 Å². The summed E-state index contributed by atoms with van der Waals surface area (Å²) in [4.78, 5) is 12.8. The van der Waals surface area contributed by atoms with Gasteiger partial charge in [-0.15, -0.1) is 0 Å². The predicted octanol–water partition coefficient (Wildman–Crippen LogP) is 6.49. The van der Waals surface area contributed by atoms with Crippen LogP contribution in [-0.2, 0) is 16.1 Å². The standard InChI is InChI=1S/C25H18Cl2N2O2/c1-2-29-19-6-4-3-5-14(19)22-20(29)10-9-17-23(22)21(13-7-8-15(26)16(27)11-13)24-18(28-17)12-31-25(24)30/h3-11,21,28H,2,12H2,1H3. The number of hydrogen-bond acceptors (Lipinski definition) is 3. The number of aryl methyl sites for hydroxylation is 1. The second kappa shape index (κ2) is 6.78. The quantitative estimate of drug-likeness (QED) is 0.356. The number of halogens is 2. The Hall–Kier alpha value is -2.95. The molecule has 1 N–H and O–H groups in total. The number of aromatic nitrogens is 1. The lowest BCUT2D eigenvalue weighted by Gasteiger charge is -2.28. The van der Waals surface area contributed by atoms with Crippen molar-refractivity contribution in [1.29, 1.82) is 0 Å². The molecule has 6 rings (SSSR count). The number of nitrogens with one attached hydrogen (secondary N) is 1. The fourth-order valence-corrected chi connectivity index (χ4v) is 5.37. The third-order valence-electron chi connectivity index (χ3n) is 6.33. The van der Waals surface area contributed by atoms with Crippen molar-refractivity contribution >= 4 is 56.7 Å². The summed E-state index contributed by atoms with van der Waals surface area (Å²) in [5, 5.41) is 6.73. The maximum atomic E-state index is 12.8. The summed E-state index contributed by atoms with van der Waals surface area (Å²) < 4.78 is 7.74. The highest BCUT2D eigenvalue weighted by Gasteiger charge is 2.40. The van der Waals surface area contributed by atoms with Gasteiger partial charge in [0.2, 0.25) is 0 Å². The lowest BCUT2D eigenvalue weighted by Crippen LogP contribution is -2.20. The Morgan fingerprint density at radius 3 is 2.71 bits per heavy atom. The Morgan fingerprint density at radius 2 is 1.90 bits per heavy atom. The first kappa shape index (κ1) is 18.8. The van der Waals surface area contributed by atoms with E-state index in [1.807, 2.05) is 12.1 Å². The summed E-state index contributed by atoms with van der Waals surface area (Å²) in [6.45, 7) is 3.25. The molecule has 0 saturated heterocycles. The van der Waals surface area contributed by atoms with Gasteiger partial charge < -0.3 is 14.6 Å². The van der Waals surface area contributed by atoms with Gasteiger partial charge in [0.05, 0.1) is 21.3 Å². The van der Waals surface area contributed by atoms with E-state index in [-0.39, 0.29) is 18.5 Å². The van der Waals surface area contributed by atoms with Crippen molar-refractivity contribution in [2.75, 3.05) is 11.9 Å². The number of esters is 1. The second-order valence-corrected chi connectivity index (χ2v) is 8.70. The van der Waals surface area contributed by atoms with Gasteiger partial charge in [-0.05, 0) is 48.4 Å². The molecule has 1 aromatic heterocycles. The molecular weight excluding hydrogens is 431 g/mol. The van der Waals surface area contributed by atoms with Gasteiger partial charge in [-0.1, -0.05) is 47.5 Å². The first-order valence-corrected chi connectivity index (χ1v) is 11.0. The van der Waals surface area contributed by atoms with Crippen molar-refractivity contribution in [2.24, 2.45) is 0 Å². The molecular formula is C25H18Cl2N2O2. The molecule has 3 heterocycles. The molecule has 1 unspecified atom stereocenters. The molecule has 0 radical (unpaired) electrons. The van der Waals surface area contributed by atoms with Gasteiger partial charge in [0.25, 0.3) is 0 Å². The van der Waals surface area contributed by atoms with Crippen LogP contribution >= 0.6 is 23.2 Å². The zero-order valence-electron chi connectivity index (χ0n) is 16.7. The minimum absolute atomic E-state index is 0.250. The lowest BCUT2D eigenvalue weighted by atomic mass is 9.79. The Kier molecular flexibility index (Phi) is 4.11. The van der Waals surface area contributed by atoms with Crippen LogP contribution in [0.4, 0.5) is 5.69 Å². The van der Waals surface area contributed by atoms with Crippen LogP contribution in [0.3, 0.4) is 0 Å². The first-order valence-electron chi connectivity index (χ1n) is 10.2. The van der Waals surface area contributed by atoms with Crippen molar-refractivity contribution < 1.29 is 9.53 Å². The Bertz CT molecular complexity index is 1450. The van der Waals surface area contributed by atoms with Crippen LogP contribution in [0.2, 0.25) is 10.0 Å². The van der Waals surface area contributed by atoms with Gasteiger partial charge in [0.1, 0.15) is 6.61 Å². The number of benzene rings is 3. The molecule has 0 amide bonds. The zero-order valence-corrected chi connectivity index (χ0v) is 18.2. The molecule has 2 aliphatic rings. The average Bonchev–Trinajstić information content (AvgIpc) is 3.31. The van der Waals surface area contributed by atoms with Crippen LogP contribution in [0.15, 0.2) is 65.9 Å². The number of nitrogens with zero attached hydrogens (tertiary/aromatic N) is 1. The number of fused-ring (bicyclic) bond motifs is 5. The van der Waals surface area contributed by atoms with Gasteiger partial charge in [-0.3, -0.25) is 0 Å². The van der Waals surface area contributed by atoms with Crippen LogP contribution in [0.25, 0.3) is 21.8 Å². The summed E-state index contributed by atoms with van der Waals surface area (Å²) in [7, 11) is 0. The zero-order chi connectivity index (χ0) is 21.3. The summed E-state index contributed by atoms with van der Waals surface area (Å²) in [5.74, 6) is -0.587. The Morgan fingerprint density at radius 1 is 1.06 bits per heavy atom. The van der Waals surface area contributed by atoms with E-state index in [0.717, 1.165) is 40.0 Å². The number of para-hydroxylation sites is 1. The maximum absolute atomic E-state index is 12.8. The van der Waals surface area contributed by atoms with Crippen LogP contribution in [0, 0.1) is 0 Å². The molecule has 0 spiro atoms. The highest BCUT2D eigenvalue weighted by Crippen LogP contribution is 2.49. The van der Waals surface area contributed by atoms with E-state index in [1.165, 1.54) is 10.9 Å². The van der Waals surface area contributed by atoms with Gasteiger partial charge in [-0.25, -0.2) is 4.79 Å². The Labute approximate surface area is 189 Å². The van der Waals surface area contributed by atoms with Gasteiger partial charge in [0.15, 0.2) is 0 Å². The van der Waals surface area contributed by atoms with Crippen molar-refractivity contribution in [1.82, 2.24) is 4.57 Å². The fourth-order valence-electron chi connectivity index (χ4n) is 5.06. The molecule has 31 heavy (non-hydrogen) atoms. The SMILES string of the molecule is CCn1c2ccccc2c2c3c(ccc21)NC1=C(C(=O)OC1)C3c1ccc(Cl)c(Cl)c1. The molecule has 0 saturated carbocycles. The molecule has 0 fully saturated rings. The van der Waals surface area contributed by atoms with Gasteiger partial charge in [0, 0.05) is 40.0 Å². The first-order chi connectivity index (χ1) is 15.1. The van der Waals surface area contributed by atoms with E-state index in [0.29, 0.717) is 15.6 Å². The minimum atomic E-state index is -0.296. The van der Waals surface area contributed by atoms with E-state index in [9.17, 15) is 4.79 Å². The van der Waals surface area contributed by atoms with Crippen molar-refractivity contribution in [2.45, 2.75) is 19.4 Å². The number of rotatable bonds is 2. The van der Waals surface area contributed by atoms with Crippen LogP contribution < -0.4 is 5.32 Å². The second-order valence-electron chi connectivity index (χ2n) is 7.88. The molecule has 6 heteroatoms. The van der Waals surface area contributed by atoms with Gasteiger partial charge >= 0.3 is 5.97 Å². The molecule has 1 atom stereocenters. The van der Waals surface area contributed by atoms with Crippen molar-refractivity contribution in [3.05, 3.63) is 87.0 Å². The lowest BCUT2D eigenvalue weighted by molar-refractivity contribution is -0.136. The molecule has 4 nitrogen and oxygen atoms in total. The minimum Gasteiger partial charge on any atom is -0.456 e. The normalized spacial score (nSPS) is 17.6. The van der Waals surface area contributed by atoms with Crippen molar-refractivity contribution in [3.63, 3.8) is 0 Å². The maximum Gasteiger partial charge on any atom is 0.337 e. The largest absolute Gasteiger partial charge is 0.456 e. The summed E-state index contributed by atoms with van der Waals surface area (Å²) in [6.07, 6.45) is 0. The molecule has 0 bridgehead atoms. The summed E-state index contributed by atoms with van der Waals surface area (Å²) in [5.41, 5.74) is 6.75. The number of ether oxygens (including phenoxy) is 1. The van der Waals surface area contributed by atoms with E-state index in [4.69, 9.17) is 27.9 Å². The van der Waals surface area contributed by atoms with Crippen LogP contribution in [0.5, 0.6) is 0 Å². The average molecular weight is 449 g/mol. The van der Waals surface area contributed by atoms with Crippen LogP contribution in [-0.4, -0.2) is 17.1 Å². The Balaban J connectivity index is 1.75. The third-order valence-corrected chi connectivity index (χ3v) is 7.07. The summed E-state index contributed by atoms with van der Waals surface area (Å²) >= 11 is 12.6.